The standard InChI is InChI=1S/C27H19ClN4O3/c1-34-23-10-2-17(3-11-23)27-30-24-15-21(9-13-26(24)35-27)29-16-18-14-22(8-12-25(18)33)32-31-20-6-4-19(28)5-7-20/h2-16,33H,1H3. The van der Waals surface area contributed by atoms with Gasteiger partial charge in [0.1, 0.15) is 17.0 Å². The summed E-state index contributed by atoms with van der Waals surface area (Å²) < 4.78 is 11.1. The zero-order valence-electron chi connectivity index (χ0n) is 18.6. The van der Waals surface area contributed by atoms with Crippen LogP contribution in [0.1, 0.15) is 5.56 Å². The van der Waals surface area contributed by atoms with Crippen molar-refractivity contribution in [1.82, 2.24) is 4.98 Å². The van der Waals surface area contributed by atoms with Gasteiger partial charge in [0.2, 0.25) is 5.89 Å². The Bertz CT molecular complexity index is 1540. The van der Waals surface area contributed by atoms with Crippen LogP contribution in [0.4, 0.5) is 17.1 Å². The van der Waals surface area contributed by atoms with Crippen molar-refractivity contribution in [1.29, 1.82) is 0 Å². The number of methoxy groups -OCH3 is 1. The summed E-state index contributed by atoms with van der Waals surface area (Å²) >= 11 is 5.90. The summed E-state index contributed by atoms with van der Waals surface area (Å²) in [6, 6.07) is 24.9. The minimum Gasteiger partial charge on any atom is -0.507 e. The van der Waals surface area contributed by atoms with Gasteiger partial charge in [0, 0.05) is 22.4 Å². The highest BCUT2D eigenvalue weighted by Gasteiger charge is 2.09. The fourth-order valence-electron chi connectivity index (χ4n) is 3.33. The summed E-state index contributed by atoms with van der Waals surface area (Å²) in [4.78, 5) is 9.07. The molecule has 7 nitrogen and oxygen atoms in total. The molecule has 0 atom stereocenters. The van der Waals surface area contributed by atoms with E-state index in [9.17, 15) is 5.11 Å². The third-order valence-corrected chi connectivity index (χ3v) is 5.43. The largest absolute Gasteiger partial charge is 0.507 e. The third kappa shape index (κ3) is 5.20. The minimum atomic E-state index is 0.0866. The number of halogens is 1. The summed E-state index contributed by atoms with van der Waals surface area (Å²) in [5, 5.41) is 19.3. The Balaban J connectivity index is 1.36. The highest BCUT2D eigenvalue weighted by molar-refractivity contribution is 6.30. The Kier molecular flexibility index (Phi) is 6.24. The second kappa shape index (κ2) is 9.79. The van der Waals surface area contributed by atoms with Gasteiger partial charge in [0.05, 0.1) is 24.2 Å². The van der Waals surface area contributed by atoms with Gasteiger partial charge >= 0.3 is 0 Å². The molecule has 35 heavy (non-hydrogen) atoms. The maximum atomic E-state index is 10.3. The van der Waals surface area contributed by atoms with E-state index in [1.165, 1.54) is 0 Å². The van der Waals surface area contributed by atoms with Gasteiger partial charge in [-0.2, -0.15) is 10.2 Å². The summed E-state index contributed by atoms with van der Waals surface area (Å²) in [5.74, 6) is 1.36. The molecule has 5 aromatic rings. The molecule has 1 aromatic heterocycles. The monoisotopic (exact) mass is 482 g/mol. The number of azo groups is 1. The molecular formula is C27H19ClN4O3. The van der Waals surface area contributed by atoms with Crippen molar-refractivity contribution in [3.63, 3.8) is 0 Å². The van der Waals surface area contributed by atoms with Crippen LogP contribution in [-0.4, -0.2) is 23.4 Å². The van der Waals surface area contributed by atoms with Crippen LogP contribution in [0.5, 0.6) is 11.5 Å². The molecule has 1 N–H and O–H groups in total. The predicted molar refractivity (Wildman–Crippen MR) is 137 cm³/mol. The quantitative estimate of drug-likeness (QED) is 0.196. The number of oxazole rings is 1. The van der Waals surface area contributed by atoms with Crippen LogP contribution in [0.3, 0.4) is 0 Å². The van der Waals surface area contributed by atoms with Gasteiger partial charge < -0.3 is 14.3 Å². The van der Waals surface area contributed by atoms with Crippen LogP contribution in [0.25, 0.3) is 22.6 Å². The van der Waals surface area contributed by atoms with Crippen LogP contribution in [-0.2, 0) is 0 Å². The van der Waals surface area contributed by atoms with Crippen LogP contribution < -0.4 is 4.74 Å². The van der Waals surface area contributed by atoms with E-state index in [1.807, 2.05) is 42.5 Å². The molecule has 4 aromatic carbocycles. The smallest absolute Gasteiger partial charge is 0.227 e. The minimum absolute atomic E-state index is 0.0866. The fourth-order valence-corrected chi connectivity index (χ4v) is 3.45. The van der Waals surface area contributed by atoms with Gasteiger partial charge in [-0.25, -0.2) is 4.98 Å². The summed E-state index contributed by atoms with van der Waals surface area (Å²) in [6.07, 6.45) is 1.57. The molecule has 0 unspecified atom stereocenters. The van der Waals surface area contributed by atoms with Crippen molar-refractivity contribution in [3.8, 4) is 23.0 Å². The highest BCUT2D eigenvalue weighted by atomic mass is 35.5. The molecule has 0 saturated carbocycles. The van der Waals surface area contributed by atoms with E-state index in [4.69, 9.17) is 20.8 Å². The molecule has 0 amide bonds. The number of hydrogen-bond donors (Lipinski definition) is 1. The van der Waals surface area contributed by atoms with Gasteiger partial charge in [0.25, 0.3) is 0 Å². The highest BCUT2D eigenvalue weighted by Crippen LogP contribution is 2.29. The molecule has 0 bridgehead atoms. The Labute approximate surface area is 206 Å². The van der Waals surface area contributed by atoms with Crippen molar-refractivity contribution in [2.75, 3.05) is 7.11 Å². The Morgan fingerprint density at radius 3 is 2.34 bits per heavy atom. The first kappa shape index (κ1) is 22.3. The third-order valence-electron chi connectivity index (χ3n) is 5.18. The number of phenols is 1. The number of aromatic hydroxyl groups is 1. The summed E-state index contributed by atoms with van der Waals surface area (Å²) in [5.41, 5.74) is 4.61. The van der Waals surface area contributed by atoms with Gasteiger partial charge in [-0.3, -0.25) is 4.99 Å². The number of hydrogen-bond acceptors (Lipinski definition) is 7. The number of benzene rings is 4. The van der Waals surface area contributed by atoms with E-state index in [0.29, 0.717) is 44.6 Å². The van der Waals surface area contributed by atoms with Crippen LogP contribution in [0.2, 0.25) is 5.02 Å². The lowest BCUT2D eigenvalue weighted by Gasteiger charge is -2.00. The Morgan fingerprint density at radius 1 is 0.857 bits per heavy atom. The number of fused-ring (bicyclic) bond motifs is 1. The second-order valence-electron chi connectivity index (χ2n) is 7.58. The van der Waals surface area contributed by atoms with E-state index < -0.39 is 0 Å². The van der Waals surface area contributed by atoms with E-state index in [2.05, 4.69) is 20.2 Å². The fraction of sp³-hybridized carbons (Fsp3) is 0.0370. The normalized spacial score (nSPS) is 11.6. The van der Waals surface area contributed by atoms with Crippen LogP contribution >= 0.6 is 11.6 Å². The molecule has 0 fully saturated rings. The maximum absolute atomic E-state index is 10.3. The van der Waals surface area contributed by atoms with E-state index in [1.54, 1.807) is 55.8 Å². The lowest BCUT2D eigenvalue weighted by molar-refractivity contribution is 0.415. The van der Waals surface area contributed by atoms with Crippen LogP contribution in [0.15, 0.2) is 105 Å². The van der Waals surface area contributed by atoms with E-state index in [0.717, 1.165) is 11.3 Å². The van der Waals surface area contributed by atoms with Gasteiger partial charge in [-0.1, -0.05) is 11.6 Å². The van der Waals surface area contributed by atoms with Crippen molar-refractivity contribution in [3.05, 3.63) is 95.5 Å². The van der Waals surface area contributed by atoms with Crippen molar-refractivity contribution >= 4 is 46.0 Å². The number of ether oxygens (including phenoxy) is 1. The molecule has 5 rings (SSSR count). The van der Waals surface area contributed by atoms with E-state index in [-0.39, 0.29) is 5.75 Å². The molecule has 0 aliphatic carbocycles. The lowest BCUT2D eigenvalue weighted by atomic mass is 10.2. The first-order valence-electron chi connectivity index (χ1n) is 10.7. The molecule has 1 heterocycles. The van der Waals surface area contributed by atoms with Crippen LogP contribution in [0, 0.1) is 0 Å². The number of phenolic OH excluding ortho intramolecular Hbond substituents is 1. The van der Waals surface area contributed by atoms with Gasteiger partial charge in [-0.05, 0) is 84.9 Å². The van der Waals surface area contributed by atoms with Crippen molar-refractivity contribution < 1.29 is 14.3 Å². The maximum Gasteiger partial charge on any atom is 0.227 e. The number of aliphatic imine (C=N–C) groups is 1. The molecule has 0 aliphatic rings. The Morgan fingerprint density at radius 2 is 1.57 bits per heavy atom. The number of aromatic nitrogens is 1. The first-order valence-corrected chi connectivity index (χ1v) is 11.0. The first-order chi connectivity index (χ1) is 17.1. The molecule has 0 aliphatic heterocycles. The lowest BCUT2D eigenvalue weighted by Crippen LogP contribution is -1.82. The number of nitrogens with zero attached hydrogens (tertiary/aromatic N) is 4. The summed E-state index contributed by atoms with van der Waals surface area (Å²) in [6.45, 7) is 0. The average molecular weight is 483 g/mol. The predicted octanol–water partition coefficient (Wildman–Crippen LogP) is 8.03. The summed E-state index contributed by atoms with van der Waals surface area (Å²) in [7, 11) is 1.62. The van der Waals surface area contributed by atoms with E-state index >= 15 is 0 Å². The van der Waals surface area contributed by atoms with Crippen molar-refractivity contribution in [2.45, 2.75) is 0 Å². The zero-order valence-corrected chi connectivity index (χ0v) is 19.3. The SMILES string of the molecule is COc1ccc(-c2nc3cc(N=Cc4cc(N=Nc5ccc(Cl)cc5)ccc4O)ccc3o2)cc1. The number of rotatable bonds is 6. The molecule has 172 valence electrons. The molecular weight excluding hydrogens is 464 g/mol. The average Bonchev–Trinajstić information content (AvgIpc) is 3.32. The van der Waals surface area contributed by atoms with Gasteiger partial charge in [-0.15, -0.1) is 0 Å². The van der Waals surface area contributed by atoms with Crippen molar-refractivity contribution in [2.24, 2.45) is 15.2 Å². The molecule has 0 spiro atoms. The Hall–Kier alpha value is -4.49. The van der Waals surface area contributed by atoms with Gasteiger partial charge in [0.15, 0.2) is 5.58 Å². The molecule has 0 radical (unpaired) electrons. The topological polar surface area (TPSA) is 92.6 Å². The molecule has 0 saturated heterocycles. The zero-order chi connectivity index (χ0) is 24.2. The second-order valence-corrected chi connectivity index (χ2v) is 8.01. The molecule has 8 heteroatoms.